The molecular formula is C21H19ClN4O3. The summed E-state index contributed by atoms with van der Waals surface area (Å²) in [7, 11) is 3.30. The van der Waals surface area contributed by atoms with Crippen LogP contribution in [0.15, 0.2) is 53.3 Å². The van der Waals surface area contributed by atoms with Crippen LogP contribution in [0.5, 0.6) is 11.5 Å². The number of fused-ring (bicyclic) bond motifs is 1. The molecule has 8 heteroatoms. The van der Waals surface area contributed by atoms with Gasteiger partial charge in [0, 0.05) is 17.1 Å². The first-order valence-electron chi connectivity index (χ1n) is 9.00. The van der Waals surface area contributed by atoms with Crippen LogP contribution in [0.4, 0.5) is 5.82 Å². The van der Waals surface area contributed by atoms with E-state index in [1.54, 1.807) is 14.2 Å². The third-order valence-corrected chi connectivity index (χ3v) is 4.82. The van der Waals surface area contributed by atoms with E-state index in [4.69, 9.17) is 25.6 Å². The standard InChI is InChI=1S/C21H19ClN4O3/c1-27-16-7-8-17(28-2)14(11-16)9-10-23-20-18-19(13-3-5-15(22)6-4-13)26-29-21(18)25-12-24-20/h3-8,11-12H,9-10H2,1-2H3,(H,23,24,25). The summed E-state index contributed by atoms with van der Waals surface area (Å²) in [6.45, 7) is 0.626. The second-order valence-corrected chi connectivity index (χ2v) is 6.73. The van der Waals surface area contributed by atoms with Crippen LogP contribution < -0.4 is 14.8 Å². The van der Waals surface area contributed by atoms with Gasteiger partial charge in [-0.3, -0.25) is 0 Å². The van der Waals surface area contributed by atoms with Crippen LogP contribution in [0.25, 0.3) is 22.4 Å². The van der Waals surface area contributed by atoms with Gasteiger partial charge in [0.05, 0.1) is 14.2 Å². The Hall–Kier alpha value is -3.32. The third-order valence-electron chi connectivity index (χ3n) is 4.56. The number of ether oxygens (including phenoxy) is 2. The first-order chi connectivity index (χ1) is 14.2. The number of rotatable bonds is 7. The van der Waals surface area contributed by atoms with Crippen LogP contribution in [-0.4, -0.2) is 35.9 Å². The Bertz CT molecular complexity index is 1130. The summed E-state index contributed by atoms with van der Waals surface area (Å²) in [5, 5.41) is 8.92. The van der Waals surface area contributed by atoms with Crippen molar-refractivity contribution >= 4 is 28.5 Å². The molecule has 2 heterocycles. The molecule has 1 N–H and O–H groups in total. The van der Waals surface area contributed by atoms with Gasteiger partial charge in [0.25, 0.3) is 5.71 Å². The van der Waals surface area contributed by atoms with Gasteiger partial charge in [-0.1, -0.05) is 28.9 Å². The van der Waals surface area contributed by atoms with Crippen molar-refractivity contribution in [3.8, 4) is 22.8 Å². The topological polar surface area (TPSA) is 82.3 Å². The van der Waals surface area contributed by atoms with Crippen molar-refractivity contribution in [3.05, 3.63) is 59.4 Å². The summed E-state index contributed by atoms with van der Waals surface area (Å²) in [4.78, 5) is 8.57. The van der Waals surface area contributed by atoms with Crippen molar-refractivity contribution in [1.29, 1.82) is 0 Å². The van der Waals surface area contributed by atoms with Gasteiger partial charge in [0.1, 0.15) is 34.7 Å². The summed E-state index contributed by atoms with van der Waals surface area (Å²) < 4.78 is 16.2. The van der Waals surface area contributed by atoms with Crippen molar-refractivity contribution in [1.82, 2.24) is 15.1 Å². The lowest BCUT2D eigenvalue weighted by Gasteiger charge is -2.11. The smallest absolute Gasteiger partial charge is 0.263 e. The second kappa shape index (κ2) is 8.36. The number of aromatic nitrogens is 3. The largest absolute Gasteiger partial charge is 0.497 e. The summed E-state index contributed by atoms with van der Waals surface area (Å²) >= 11 is 6.00. The molecule has 0 saturated heterocycles. The average Bonchev–Trinajstić information content (AvgIpc) is 3.19. The zero-order chi connectivity index (χ0) is 20.2. The van der Waals surface area contributed by atoms with Crippen LogP contribution in [0.1, 0.15) is 5.56 Å². The van der Waals surface area contributed by atoms with E-state index in [2.05, 4.69) is 20.4 Å². The molecule has 4 rings (SSSR count). The van der Waals surface area contributed by atoms with Crippen LogP contribution in [0.2, 0.25) is 5.02 Å². The first-order valence-corrected chi connectivity index (χ1v) is 9.38. The van der Waals surface area contributed by atoms with E-state index in [1.807, 2.05) is 42.5 Å². The lowest BCUT2D eigenvalue weighted by atomic mass is 10.1. The van der Waals surface area contributed by atoms with Gasteiger partial charge >= 0.3 is 0 Å². The van der Waals surface area contributed by atoms with Crippen molar-refractivity contribution in [2.75, 3.05) is 26.1 Å². The SMILES string of the molecule is COc1ccc(OC)c(CCNc2ncnc3onc(-c4ccc(Cl)cc4)c23)c1. The third kappa shape index (κ3) is 3.95. The fourth-order valence-electron chi connectivity index (χ4n) is 3.12. The quantitative estimate of drug-likeness (QED) is 0.476. The number of halogens is 1. The molecule has 0 fully saturated rings. The van der Waals surface area contributed by atoms with Crippen LogP contribution in [-0.2, 0) is 6.42 Å². The molecule has 0 unspecified atom stereocenters. The molecule has 0 atom stereocenters. The van der Waals surface area contributed by atoms with E-state index in [0.717, 1.165) is 28.0 Å². The Morgan fingerprint density at radius 3 is 2.62 bits per heavy atom. The van der Waals surface area contributed by atoms with Gasteiger partial charge in [-0.25, -0.2) is 4.98 Å². The summed E-state index contributed by atoms with van der Waals surface area (Å²) in [5.41, 5.74) is 3.00. The van der Waals surface area contributed by atoms with Crippen molar-refractivity contribution in [3.63, 3.8) is 0 Å². The summed E-state index contributed by atoms with van der Waals surface area (Å²) in [6, 6.07) is 13.1. The number of hydrogen-bond donors (Lipinski definition) is 1. The van der Waals surface area contributed by atoms with Gasteiger partial charge in [0.2, 0.25) is 0 Å². The van der Waals surface area contributed by atoms with E-state index in [1.165, 1.54) is 6.33 Å². The Morgan fingerprint density at radius 1 is 1.03 bits per heavy atom. The van der Waals surface area contributed by atoms with Crippen LogP contribution >= 0.6 is 11.6 Å². The predicted molar refractivity (Wildman–Crippen MR) is 112 cm³/mol. The van der Waals surface area contributed by atoms with E-state index in [9.17, 15) is 0 Å². The fraction of sp³-hybridized carbons (Fsp3) is 0.190. The number of nitrogens with zero attached hydrogens (tertiary/aromatic N) is 3. The van der Waals surface area contributed by atoms with Gasteiger partial charge in [-0.2, -0.15) is 4.98 Å². The molecule has 0 spiro atoms. The molecule has 0 saturated carbocycles. The first kappa shape index (κ1) is 19.0. The van der Waals surface area contributed by atoms with Crippen molar-refractivity contribution in [2.45, 2.75) is 6.42 Å². The summed E-state index contributed by atoms with van der Waals surface area (Å²) in [6.07, 6.45) is 2.17. The number of nitrogens with one attached hydrogen (secondary N) is 1. The lowest BCUT2D eigenvalue weighted by Crippen LogP contribution is -2.08. The maximum atomic E-state index is 6.00. The van der Waals surface area contributed by atoms with Crippen molar-refractivity contribution < 1.29 is 14.0 Å². The Kier molecular flexibility index (Phi) is 5.48. The van der Waals surface area contributed by atoms with Crippen LogP contribution in [0, 0.1) is 0 Å². The molecule has 7 nitrogen and oxygen atoms in total. The van der Waals surface area contributed by atoms with Crippen molar-refractivity contribution in [2.24, 2.45) is 0 Å². The Balaban J connectivity index is 1.59. The summed E-state index contributed by atoms with van der Waals surface area (Å²) in [5.74, 6) is 2.25. The fourth-order valence-corrected chi connectivity index (χ4v) is 3.24. The molecule has 0 radical (unpaired) electrons. The molecule has 2 aromatic carbocycles. The van der Waals surface area contributed by atoms with E-state index >= 15 is 0 Å². The molecule has 0 amide bonds. The molecule has 0 bridgehead atoms. The zero-order valence-electron chi connectivity index (χ0n) is 16.0. The van der Waals surface area contributed by atoms with Gasteiger partial charge in [0.15, 0.2) is 0 Å². The number of methoxy groups -OCH3 is 2. The minimum absolute atomic E-state index is 0.423. The maximum Gasteiger partial charge on any atom is 0.263 e. The highest BCUT2D eigenvalue weighted by molar-refractivity contribution is 6.30. The molecule has 4 aromatic rings. The van der Waals surface area contributed by atoms with Gasteiger partial charge in [-0.15, -0.1) is 0 Å². The maximum absolute atomic E-state index is 6.00. The van der Waals surface area contributed by atoms with Gasteiger partial charge < -0.3 is 19.3 Å². The molecule has 0 aliphatic carbocycles. The lowest BCUT2D eigenvalue weighted by molar-refractivity contribution is 0.399. The number of benzene rings is 2. The second-order valence-electron chi connectivity index (χ2n) is 6.30. The predicted octanol–water partition coefficient (Wildman–Crippen LogP) is 4.61. The Morgan fingerprint density at radius 2 is 1.86 bits per heavy atom. The minimum atomic E-state index is 0.423. The molecule has 29 heavy (non-hydrogen) atoms. The Labute approximate surface area is 172 Å². The minimum Gasteiger partial charge on any atom is -0.497 e. The zero-order valence-corrected chi connectivity index (χ0v) is 16.7. The highest BCUT2D eigenvalue weighted by Crippen LogP contribution is 2.32. The average molecular weight is 411 g/mol. The molecule has 0 aliphatic rings. The molecule has 2 aromatic heterocycles. The van der Waals surface area contributed by atoms with E-state index < -0.39 is 0 Å². The monoisotopic (exact) mass is 410 g/mol. The highest BCUT2D eigenvalue weighted by atomic mass is 35.5. The van der Waals surface area contributed by atoms with E-state index in [-0.39, 0.29) is 0 Å². The highest BCUT2D eigenvalue weighted by Gasteiger charge is 2.17. The normalized spacial score (nSPS) is 10.9. The number of hydrogen-bond acceptors (Lipinski definition) is 7. The molecule has 0 aliphatic heterocycles. The molecular weight excluding hydrogens is 392 g/mol. The van der Waals surface area contributed by atoms with Crippen LogP contribution in [0.3, 0.4) is 0 Å². The van der Waals surface area contributed by atoms with Gasteiger partial charge in [-0.05, 0) is 42.3 Å². The molecule has 148 valence electrons. The van der Waals surface area contributed by atoms with E-state index in [0.29, 0.717) is 35.2 Å². The number of anilines is 1.